The molecule has 4 nitrogen and oxygen atoms in total. The summed E-state index contributed by atoms with van der Waals surface area (Å²) in [4.78, 5) is 8.18. The van der Waals surface area contributed by atoms with Gasteiger partial charge >= 0.3 is 0 Å². The summed E-state index contributed by atoms with van der Waals surface area (Å²) in [5, 5.41) is 4.15. The highest BCUT2D eigenvalue weighted by Gasteiger charge is 2.50. The van der Waals surface area contributed by atoms with E-state index in [1.807, 2.05) is 0 Å². The van der Waals surface area contributed by atoms with Crippen LogP contribution in [0.25, 0.3) is 0 Å². The molecule has 8 aliphatic carbocycles. The minimum Gasteiger partial charge on any atom is -0.378 e. The minimum atomic E-state index is 0. The zero-order valence-electron chi connectivity index (χ0n) is 18.4. The van der Waals surface area contributed by atoms with Crippen LogP contribution in [0.15, 0.2) is 4.99 Å². The number of halogens is 1. The molecule has 0 aromatic rings. The fourth-order valence-electron chi connectivity index (χ4n) is 9.54. The summed E-state index contributed by atoms with van der Waals surface area (Å²) in [6, 6.07) is 1.30. The summed E-state index contributed by atoms with van der Waals surface area (Å²) < 4.78 is 5.69. The van der Waals surface area contributed by atoms with Crippen molar-refractivity contribution in [3.63, 3.8) is 0 Å². The van der Waals surface area contributed by atoms with Crippen LogP contribution in [0.3, 0.4) is 0 Å². The number of ether oxygens (including phenoxy) is 1. The highest BCUT2D eigenvalue weighted by atomic mass is 35.5. The molecule has 9 fully saturated rings. The van der Waals surface area contributed by atoms with Crippen molar-refractivity contribution in [1.82, 2.24) is 10.2 Å². The molecule has 0 atom stereocenters. The lowest BCUT2D eigenvalue weighted by Crippen LogP contribution is -2.60. The Balaban J connectivity index is 0.00000175. The minimum absolute atomic E-state index is 0. The molecule has 1 N–H and O–H groups in total. The molecule has 0 spiro atoms. The quantitative estimate of drug-likeness (QED) is 0.520. The van der Waals surface area contributed by atoms with Crippen LogP contribution in [0.5, 0.6) is 0 Å². The Labute approximate surface area is 188 Å². The summed E-state index contributed by atoms with van der Waals surface area (Å²) in [5.41, 5.74) is 0. The van der Waals surface area contributed by atoms with E-state index >= 15 is 0 Å². The number of guanidine groups is 1. The van der Waals surface area contributed by atoms with E-state index in [0.29, 0.717) is 12.1 Å². The highest BCUT2D eigenvalue weighted by Crippen LogP contribution is 2.55. The second-order valence-corrected chi connectivity index (χ2v) is 12.1. The van der Waals surface area contributed by atoms with E-state index in [2.05, 4.69) is 10.2 Å². The molecule has 8 bridgehead atoms. The van der Waals surface area contributed by atoms with Gasteiger partial charge in [-0.2, -0.15) is 0 Å². The summed E-state index contributed by atoms with van der Waals surface area (Å²) in [6.07, 6.45) is 14.9. The van der Waals surface area contributed by atoms with Crippen LogP contribution < -0.4 is 5.32 Å². The molecule has 0 amide bonds. The number of nitrogens with zero attached hydrogens (tertiary/aromatic N) is 2. The van der Waals surface area contributed by atoms with Crippen molar-refractivity contribution in [3.8, 4) is 0 Å². The van der Waals surface area contributed by atoms with E-state index in [-0.39, 0.29) is 12.4 Å². The lowest BCUT2D eigenvalue weighted by Gasteiger charge is -2.55. The van der Waals surface area contributed by atoms with Crippen LogP contribution in [-0.4, -0.2) is 49.2 Å². The normalized spacial score (nSPS) is 51.2. The molecule has 8 saturated carbocycles. The molecule has 9 aliphatic rings. The van der Waals surface area contributed by atoms with Crippen molar-refractivity contribution in [2.45, 2.75) is 76.3 Å². The second-order valence-electron chi connectivity index (χ2n) is 12.1. The second kappa shape index (κ2) is 7.83. The van der Waals surface area contributed by atoms with Crippen LogP contribution in [0.2, 0.25) is 0 Å². The van der Waals surface area contributed by atoms with Gasteiger partial charge < -0.3 is 15.0 Å². The molecule has 0 aromatic heterocycles. The first-order chi connectivity index (χ1) is 14.3. The van der Waals surface area contributed by atoms with Crippen molar-refractivity contribution in [2.75, 3.05) is 26.3 Å². The molecule has 1 saturated heterocycles. The summed E-state index contributed by atoms with van der Waals surface area (Å²) in [7, 11) is 0. The largest absolute Gasteiger partial charge is 0.378 e. The van der Waals surface area contributed by atoms with E-state index < -0.39 is 0 Å². The van der Waals surface area contributed by atoms with Crippen molar-refractivity contribution < 1.29 is 4.74 Å². The Morgan fingerprint density at radius 3 is 1.63 bits per heavy atom. The maximum atomic E-state index is 5.69. The standard InChI is InChI=1S/C25H39N3O.ClH/c1-3-29-4-2-28(1)25(26-23-19-7-15-5-16(9-19)10-20(23)8-15)27-24-21-11-17-6-18(13-21)14-22(24)12-17;/h15-24H,1-14H2,(H,26,27);1H. The van der Waals surface area contributed by atoms with E-state index in [1.54, 1.807) is 0 Å². The molecule has 0 radical (unpaired) electrons. The first-order valence-electron chi connectivity index (χ1n) is 13.0. The van der Waals surface area contributed by atoms with E-state index in [9.17, 15) is 0 Å². The maximum absolute atomic E-state index is 5.69. The zero-order chi connectivity index (χ0) is 18.9. The van der Waals surface area contributed by atoms with Crippen LogP contribution in [0, 0.1) is 47.3 Å². The van der Waals surface area contributed by atoms with Gasteiger partial charge in [0.05, 0.1) is 19.3 Å². The molecule has 30 heavy (non-hydrogen) atoms. The molecule has 1 aliphatic heterocycles. The van der Waals surface area contributed by atoms with Gasteiger partial charge in [-0.3, -0.25) is 0 Å². The van der Waals surface area contributed by atoms with Gasteiger partial charge in [0.25, 0.3) is 0 Å². The average molecular weight is 434 g/mol. The third-order valence-corrected chi connectivity index (χ3v) is 10.3. The fraction of sp³-hybridized carbons (Fsp3) is 0.960. The fourth-order valence-corrected chi connectivity index (χ4v) is 9.54. The maximum Gasteiger partial charge on any atom is 0.194 e. The Morgan fingerprint density at radius 2 is 1.13 bits per heavy atom. The number of rotatable bonds is 2. The van der Waals surface area contributed by atoms with Gasteiger partial charge in [-0.1, -0.05) is 0 Å². The third-order valence-electron chi connectivity index (χ3n) is 10.3. The Morgan fingerprint density at radius 1 is 0.667 bits per heavy atom. The van der Waals surface area contributed by atoms with E-state index in [4.69, 9.17) is 9.73 Å². The van der Waals surface area contributed by atoms with Gasteiger partial charge in [-0.25, -0.2) is 4.99 Å². The topological polar surface area (TPSA) is 36.9 Å². The molecule has 0 aromatic carbocycles. The summed E-state index contributed by atoms with van der Waals surface area (Å²) in [5.74, 6) is 9.02. The van der Waals surface area contributed by atoms with Gasteiger partial charge in [0.15, 0.2) is 5.96 Å². The van der Waals surface area contributed by atoms with Crippen LogP contribution in [0.1, 0.15) is 64.2 Å². The number of aliphatic imine (C=N–C) groups is 1. The number of hydrogen-bond donors (Lipinski definition) is 1. The van der Waals surface area contributed by atoms with Gasteiger partial charge in [-0.15, -0.1) is 12.4 Å². The predicted molar refractivity (Wildman–Crippen MR) is 122 cm³/mol. The first-order valence-corrected chi connectivity index (χ1v) is 13.0. The number of morpholine rings is 1. The summed E-state index contributed by atoms with van der Waals surface area (Å²) >= 11 is 0. The number of hydrogen-bond acceptors (Lipinski definition) is 2. The third kappa shape index (κ3) is 3.39. The van der Waals surface area contributed by atoms with Crippen molar-refractivity contribution >= 4 is 18.4 Å². The van der Waals surface area contributed by atoms with E-state index in [0.717, 1.165) is 73.6 Å². The predicted octanol–water partition coefficient (Wildman–Crippen LogP) is 4.34. The zero-order valence-corrected chi connectivity index (χ0v) is 19.2. The van der Waals surface area contributed by atoms with Crippen LogP contribution >= 0.6 is 12.4 Å². The van der Waals surface area contributed by atoms with Crippen molar-refractivity contribution in [1.29, 1.82) is 0 Å². The lowest BCUT2D eigenvalue weighted by atomic mass is 9.54. The highest BCUT2D eigenvalue weighted by molar-refractivity contribution is 5.85. The molecular formula is C25H40ClN3O. The molecule has 168 valence electrons. The van der Waals surface area contributed by atoms with E-state index in [1.165, 1.54) is 70.2 Å². The van der Waals surface area contributed by atoms with Gasteiger partial charge in [0.2, 0.25) is 0 Å². The van der Waals surface area contributed by atoms with Gasteiger partial charge in [0, 0.05) is 19.1 Å². The van der Waals surface area contributed by atoms with Gasteiger partial charge in [0.1, 0.15) is 0 Å². The molecule has 1 heterocycles. The Bertz CT molecular complexity index is 619. The Hall–Kier alpha value is -0.480. The SMILES string of the molecule is C1CN(/C(=N\C2C3CC4CC(C3)CC2C4)NC2C3CC4CC(C3)CC2C4)CCO1.Cl. The molecular weight excluding hydrogens is 394 g/mol. The molecule has 9 rings (SSSR count). The van der Waals surface area contributed by atoms with Crippen molar-refractivity contribution in [2.24, 2.45) is 52.3 Å². The Kier molecular flexibility index (Phi) is 5.26. The average Bonchev–Trinajstić information content (AvgIpc) is 2.71. The number of nitrogens with one attached hydrogen (secondary N) is 1. The van der Waals surface area contributed by atoms with Crippen LogP contribution in [0.4, 0.5) is 0 Å². The summed E-state index contributed by atoms with van der Waals surface area (Å²) in [6.45, 7) is 3.77. The van der Waals surface area contributed by atoms with Crippen LogP contribution in [-0.2, 0) is 4.74 Å². The van der Waals surface area contributed by atoms with Gasteiger partial charge in [-0.05, 0) is 112 Å². The molecule has 5 heteroatoms. The molecule has 0 unspecified atom stereocenters. The van der Waals surface area contributed by atoms with Crippen molar-refractivity contribution in [3.05, 3.63) is 0 Å². The smallest absolute Gasteiger partial charge is 0.194 e. The monoisotopic (exact) mass is 433 g/mol. The first kappa shape index (κ1) is 20.1. The lowest BCUT2D eigenvalue weighted by molar-refractivity contribution is -0.0110.